The molecule has 1 aromatic rings. The topological polar surface area (TPSA) is 65.1 Å². The monoisotopic (exact) mass is 374 g/mol. The van der Waals surface area contributed by atoms with Crippen molar-refractivity contribution in [3.8, 4) is 5.75 Å². The number of benzene rings is 1. The lowest BCUT2D eigenvalue weighted by Crippen LogP contribution is -2.62. The molecule has 3 amide bonds. The third kappa shape index (κ3) is 4.35. The van der Waals surface area contributed by atoms with E-state index < -0.39 is 0 Å². The summed E-state index contributed by atoms with van der Waals surface area (Å²) in [5, 5.41) is 2.99. The van der Waals surface area contributed by atoms with Gasteiger partial charge in [0, 0.05) is 50.9 Å². The normalized spacial score (nSPS) is 24.0. The fourth-order valence-corrected chi connectivity index (χ4v) is 3.94. The number of hydrogen-bond acceptors (Lipinski definition) is 4. The van der Waals surface area contributed by atoms with Gasteiger partial charge in [-0.1, -0.05) is 0 Å². The molecule has 2 aliphatic rings. The number of carbonyl (C=O) groups excluding carboxylic acids is 2. The maximum absolute atomic E-state index is 12.8. The smallest absolute Gasteiger partial charge is 0.321 e. The Morgan fingerprint density at radius 2 is 1.89 bits per heavy atom. The predicted octanol–water partition coefficient (Wildman–Crippen LogP) is 2.25. The molecule has 0 saturated carbocycles. The van der Waals surface area contributed by atoms with Crippen LogP contribution in [0.15, 0.2) is 24.3 Å². The standard InChI is InChI=1S/C20H30N4O3/c1-4-27-17-7-5-16(6-8-17)21-19(26)24-14-13-23(3)20(15-24)10-9-18(25)22(2)12-11-20/h5-8H,4,9-15H2,1-3H3,(H,21,26)/t20-/m0/s1. The summed E-state index contributed by atoms with van der Waals surface area (Å²) in [6.07, 6.45) is 2.22. The van der Waals surface area contributed by atoms with Crippen LogP contribution in [0.25, 0.3) is 0 Å². The van der Waals surface area contributed by atoms with Crippen LogP contribution in [0.1, 0.15) is 26.2 Å². The second-order valence-electron chi connectivity index (χ2n) is 7.52. The minimum Gasteiger partial charge on any atom is -0.494 e. The number of piperazine rings is 1. The number of likely N-dealkylation sites (tertiary alicyclic amines) is 1. The molecule has 7 nitrogen and oxygen atoms in total. The number of nitrogens with one attached hydrogen (secondary N) is 1. The maximum atomic E-state index is 12.8. The van der Waals surface area contributed by atoms with E-state index in [0.717, 1.165) is 37.4 Å². The van der Waals surface area contributed by atoms with Crippen molar-refractivity contribution in [3.05, 3.63) is 24.3 Å². The molecule has 1 aromatic carbocycles. The Balaban J connectivity index is 1.66. The molecule has 1 spiro atoms. The number of nitrogens with zero attached hydrogens (tertiary/aromatic N) is 3. The highest BCUT2D eigenvalue weighted by Crippen LogP contribution is 2.32. The van der Waals surface area contributed by atoms with Crippen molar-refractivity contribution in [1.82, 2.24) is 14.7 Å². The Labute approximate surface area is 161 Å². The first-order valence-electron chi connectivity index (χ1n) is 9.67. The predicted molar refractivity (Wildman–Crippen MR) is 105 cm³/mol. The fraction of sp³-hybridized carbons (Fsp3) is 0.600. The summed E-state index contributed by atoms with van der Waals surface area (Å²) in [5.74, 6) is 0.984. The minimum atomic E-state index is -0.130. The number of amides is 3. The molecule has 148 valence electrons. The third-order valence-corrected chi connectivity index (χ3v) is 5.85. The summed E-state index contributed by atoms with van der Waals surface area (Å²) in [7, 11) is 3.97. The van der Waals surface area contributed by atoms with Crippen molar-refractivity contribution >= 4 is 17.6 Å². The first kappa shape index (κ1) is 19.5. The first-order valence-corrected chi connectivity index (χ1v) is 9.67. The van der Waals surface area contributed by atoms with Crippen molar-refractivity contribution in [3.63, 3.8) is 0 Å². The zero-order chi connectivity index (χ0) is 19.4. The number of hydrogen-bond donors (Lipinski definition) is 1. The summed E-state index contributed by atoms with van der Waals surface area (Å²) in [4.78, 5) is 30.9. The Bertz CT molecular complexity index is 678. The molecule has 7 heteroatoms. The molecule has 2 aliphatic heterocycles. The number of ether oxygens (including phenoxy) is 1. The molecule has 3 rings (SSSR count). The Morgan fingerprint density at radius 1 is 1.15 bits per heavy atom. The number of urea groups is 1. The van der Waals surface area contributed by atoms with Gasteiger partial charge in [-0.2, -0.15) is 0 Å². The van der Waals surface area contributed by atoms with Crippen LogP contribution < -0.4 is 10.1 Å². The second kappa shape index (κ2) is 8.17. The van der Waals surface area contributed by atoms with Gasteiger partial charge in [-0.3, -0.25) is 9.69 Å². The SMILES string of the molecule is CCOc1ccc(NC(=O)N2CCN(C)[C@]3(CCC(=O)N(C)CC3)C2)cc1. The second-order valence-corrected chi connectivity index (χ2v) is 7.52. The largest absolute Gasteiger partial charge is 0.494 e. The molecular weight excluding hydrogens is 344 g/mol. The summed E-state index contributed by atoms with van der Waals surface area (Å²) >= 11 is 0. The van der Waals surface area contributed by atoms with E-state index >= 15 is 0 Å². The van der Waals surface area contributed by atoms with E-state index in [4.69, 9.17) is 4.74 Å². The van der Waals surface area contributed by atoms with E-state index in [9.17, 15) is 9.59 Å². The van der Waals surface area contributed by atoms with Gasteiger partial charge in [0.15, 0.2) is 0 Å². The van der Waals surface area contributed by atoms with Gasteiger partial charge in [0.05, 0.1) is 6.61 Å². The molecule has 0 radical (unpaired) electrons. The highest BCUT2D eigenvalue weighted by Gasteiger charge is 2.42. The van der Waals surface area contributed by atoms with Gasteiger partial charge in [-0.15, -0.1) is 0 Å². The van der Waals surface area contributed by atoms with Crippen molar-refractivity contribution in [1.29, 1.82) is 0 Å². The van der Waals surface area contributed by atoms with Gasteiger partial charge in [0.1, 0.15) is 5.75 Å². The molecule has 0 unspecified atom stereocenters. The summed E-state index contributed by atoms with van der Waals surface area (Å²) in [6, 6.07) is 7.34. The molecule has 2 heterocycles. The molecular formula is C20H30N4O3. The Kier molecular flexibility index (Phi) is 5.89. The molecule has 1 N–H and O–H groups in total. The Hall–Kier alpha value is -2.28. The van der Waals surface area contributed by atoms with E-state index in [1.165, 1.54) is 0 Å². The Morgan fingerprint density at radius 3 is 2.59 bits per heavy atom. The van der Waals surface area contributed by atoms with Crippen LogP contribution in [0.4, 0.5) is 10.5 Å². The molecule has 0 aliphatic carbocycles. The van der Waals surface area contributed by atoms with Crippen LogP contribution in [0.5, 0.6) is 5.75 Å². The summed E-state index contributed by atoms with van der Waals surface area (Å²) in [6.45, 7) is 5.44. The lowest BCUT2D eigenvalue weighted by Gasteiger charge is -2.49. The number of carbonyl (C=O) groups is 2. The minimum absolute atomic E-state index is 0.0874. The van der Waals surface area contributed by atoms with Gasteiger partial charge >= 0.3 is 6.03 Å². The number of likely N-dealkylation sites (N-methyl/N-ethyl adjacent to an activating group) is 1. The number of anilines is 1. The van der Waals surface area contributed by atoms with Crippen molar-refractivity contribution in [2.75, 3.05) is 52.2 Å². The van der Waals surface area contributed by atoms with Gasteiger partial charge in [0.2, 0.25) is 5.91 Å². The van der Waals surface area contributed by atoms with E-state index in [1.54, 1.807) is 0 Å². The summed E-state index contributed by atoms with van der Waals surface area (Å²) < 4.78 is 5.44. The van der Waals surface area contributed by atoms with E-state index in [2.05, 4.69) is 17.3 Å². The first-order chi connectivity index (χ1) is 12.9. The fourth-order valence-electron chi connectivity index (χ4n) is 3.94. The zero-order valence-electron chi connectivity index (χ0n) is 16.5. The molecule has 2 saturated heterocycles. The lowest BCUT2D eigenvalue weighted by atomic mass is 9.86. The highest BCUT2D eigenvalue weighted by atomic mass is 16.5. The average Bonchev–Trinajstić information content (AvgIpc) is 2.80. The molecule has 27 heavy (non-hydrogen) atoms. The molecule has 0 aromatic heterocycles. The van der Waals surface area contributed by atoms with Crippen molar-refractivity contribution in [2.24, 2.45) is 0 Å². The average molecular weight is 374 g/mol. The highest BCUT2D eigenvalue weighted by molar-refractivity contribution is 5.89. The van der Waals surface area contributed by atoms with E-state index in [0.29, 0.717) is 26.1 Å². The van der Waals surface area contributed by atoms with Crippen LogP contribution in [0.2, 0.25) is 0 Å². The van der Waals surface area contributed by atoms with Crippen LogP contribution in [0, 0.1) is 0 Å². The van der Waals surface area contributed by atoms with Crippen LogP contribution in [-0.4, -0.2) is 79.1 Å². The lowest BCUT2D eigenvalue weighted by molar-refractivity contribution is -0.129. The number of rotatable bonds is 3. The van der Waals surface area contributed by atoms with Gasteiger partial charge in [-0.25, -0.2) is 4.79 Å². The van der Waals surface area contributed by atoms with Crippen molar-refractivity contribution in [2.45, 2.75) is 31.7 Å². The molecule has 0 bridgehead atoms. The van der Waals surface area contributed by atoms with Gasteiger partial charge < -0.3 is 19.9 Å². The zero-order valence-corrected chi connectivity index (χ0v) is 16.5. The summed E-state index contributed by atoms with van der Waals surface area (Å²) in [5.41, 5.74) is 0.627. The van der Waals surface area contributed by atoms with E-state index in [-0.39, 0.29) is 17.5 Å². The molecule has 1 atom stereocenters. The van der Waals surface area contributed by atoms with Crippen LogP contribution in [0.3, 0.4) is 0 Å². The van der Waals surface area contributed by atoms with E-state index in [1.807, 2.05) is 48.0 Å². The van der Waals surface area contributed by atoms with Gasteiger partial charge in [0.25, 0.3) is 0 Å². The van der Waals surface area contributed by atoms with Crippen molar-refractivity contribution < 1.29 is 14.3 Å². The maximum Gasteiger partial charge on any atom is 0.321 e. The quantitative estimate of drug-likeness (QED) is 0.881. The van der Waals surface area contributed by atoms with Crippen LogP contribution >= 0.6 is 0 Å². The molecule has 2 fully saturated rings. The van der Waals surface area contributed by atoms with Gasteiger partial charge in [-0.05, 0) is 51.1 Å². The third-order valence-electron chi connectivity index (χ3n) is 5.85. The van der Waals surface area contributed by atoms with Crippen LogP contribution in [-0.2, 0) is 4.79 Å².